The number of Topliss-reactive ketones (excluding diaryl/α,β-unsaturated/α-hetero) is 1. The lowest BCUT2D eigenvalue weighted by Gasteiger charge is -2.34. The largest absolute Gasteiger partial charge is 0.511 e. The van der Waals surface area contributed by atoms with E-state index in [2.05, 4.69) is 6.92 Å². The van der Waals surface area contributed by atoms with E-state index in [1.165, 1.54) is 57.8 Å². The van der Waals surface area contributed by atoms with Gasteiger partial charge in [-0.2, -0.15) is 0 Å². The van der Waals surface area contributed by atoms with Gasteiger partial charge in [0.25, 0.3) is 0 Å². The van der Waals surface area contributed by atoms with E-state index in [1.54, 1.807) is 13.8 Å². The number of unbranched alkanes of at least 4 members (excludes halogenated alkanes) is 9. The maximum atomic E-state index is 11.8. The normalized spacial score (nSPS) is 17.4. The first kappa shape index (κ1) is 17.3. The topological polar surface area (TPSA) is 37.3 Å². The number of hydrogen-bond acceptors (Lipinski definition) is 2. The van der Waals surface area contributed by atoms with Crippen molar-refractivity contribution in [2.75, 3.05) is 0 Å². The van der Waals surface area contributed by atoms with Gasteiger partial charge in [0.1, 0.15) is 5.76 Å². The highest BCUT2D eigenvalue weighted by Crippen LogP contribution is 2.42. The first-order valence-corrected chi connectivity index (χ1v) is 8.49. The molecule has 20 heavy (non-hydrogen) atoms. The zero-order valence-corrected chi connectivity index (χ0v) is 13.6. The van der Waals surface area contributed by atoms with Crippen molar-refractivity contribution < 1.29 is 9.90 Å². The van der Waals surface area contributed by atoms with Gasteiger partial charge in [0.05, 0.1) is 5.41 Å². The van der Waals surface area contributed by atoms with Gasteiger partial charge in [-0.05, 0) is 26.7 Å². The zero-order valence-electron chi connectivity index (χ0n) is 13.6. The molecule has 1 N–H and O–H groups in total. The molecule has 0 amide bonds. The van der Waals surface area contributed by atoms with E-state index in [0.717, 1.165) is 12.8 Å². The van der Waals surface area contributed by atoms with Crippen LogP contribution in [0.5, 0.6) is 0 Å². The van der Waals surface area contributed by atoms with Crippen molar-refractivity contribution in [2.45, 2.75) is 91.4 Å². The minimum Gasteiger partial charge on any atom is -0.511 e. The van der Waals surface area contributed by atoms with Crippen LogP contribution < -0.4 is 0 Å². The summed E-state index contributed by atoms with van der Waals surface area (Å²) in [5, 5.41) is 9.81. The van der Waals surface area contributed by atoms with Crippen LogP contribution in [0.2, 0.25) is 0 Å². The van der Waals surface area contributed by atoms with E-state index >= 15 is 0 Å². The van der Waals surface area contributed by atoms with Gasteiger partial charge in [0, 0.05) is 5.57 Å². The number of carbonyl (C=O) groups excluding carboxylic acids is 1. The van der Waals surface area contributed by atoms with Gasteiger partial charge < -0.3 is 5.11 Å². The Balaban J connectivity index is 1.96. The first-order chi connectivity index (χ1) is 9.51. The summed E-state index contributed by atoms with van der Waals surface area (Å²) in [7, 11) is 0. The van der Waals surface area contributed by atoms with Gasteiger partial charge in [0.15, 0.2) is 5.78 Å². The lowest BCUT2D eigenvalue weighted by atomic mass is 9.69. The lowest BCUT2D eigenvalue weighted by molar-refractivity contribution is -0.127. The van der Waals surface area contributed by atoms with Crippen LogP contribution >= 0.6 is 0 Å². The van der Waals surface area contributed by atoms with Crippen molar-refractivity contribution in [3.63, 3.8) is 0 Å². The fourth-order valence-corrected chi connectivity index (χ4v) is 2.93. The van der Waals surface area contributed by atoms with Crippen LogP contribution in [0, 0.1) is 5.41 Å². The molecular weight excluding hydrogens is 248 g/mol. The van der Waals surface area contributed by atoms with Crippen molar-refractivity contribution >= 4 is 5.78 Å². The molecule has 2 heteroatoms. The standard InChI is InChI=1S/C18H32O2/c1-4-5-6-7-8-9-10-11-12-13-14-15-16(19)18(2,3)17(15)20/h19H,4-14H2,1-3H3. The Bertz CT molecular complexity index is 339. The maximum absolute atomic E-state index is 11.8. The van der Waals surface area contributed by atoms with Crippen molar-refractivity contribution in [3.05, 3.63) is 11.3 Å². The Hall–Kier alpha value is -0.790. The monoisotopic (exact) mass is 280 g/mol. The molecule has 1 aliphatic carbocycles. The molecule has 2 nitrogen and oxygen atoms in total. The highest BCUT2D eigenvalue weighted by molar-refractivity contribution is 6.08. The summed E-state index contributed by atoms with van der Waals surface area (Å²) in [4.78, 5) is 11.8. The number of hydrogen-bond donors (Lipinski definition) is 1. The molecule has 0 fully saturated rings. The molecule has 0 heterocycles. The van der Waals surface area contributed by atoms with Crippen molar-refractivity contribution in [1.82, 2.24) is 0 Å². The Kier molecular flexibility index (Phi) is 7.32. The second kappa shape index (κ2) is 8.49. The second-order valence-corrected chi connectivity index (χ2v) is 6.71. The van der Waals surface area contributed by atoms with Crippen LogP contribution in [0.4, 0.5) is 0 Å². The Morgan fingerprint density at radius 3 is 1.75 bits per heavy atom. The summed E-state index contributed by atoms with van der Waals surface area (Å²) in [6, 6.07) is 0. The van der Waals surface area contributed by atoms with Gasteiger partial charge in [-0.1, -0.05) is 64.7 Å². The van der Waals surface area contributed by atoms with Crippen LogP contribution in [0.1, 0.15) is 91.4 Å². The minimum absolute atomic E-state index is 0.144. The Morgan fingerprint density at radius 1 is 0.850 bits per heavy atom. The summed E-state index contributed by atoms with van der Waals surface area (Å²) in [6.07, 6.45) is 13.8. The molecule has 0 unspecified atom stereocenters. The van der Waals surface area contributed by atoms with Gasteiger partial charge >= 0.3 is 0 Å². The molecule has 1 aliphatic rings. The van der Waals surface area contributed by atoms with Crippen molar-refractivity contribution in [1.29, 1.82) is 0 Å². The molecule has 0 atom stereocenters. The molecule has 0 aromatic rings. The highest BCUT2D eigenvalue weighted by atomic mass is 16.3. The molecule has 1 rings (SSSR count). The van der Waals surface area contributed by atoms with Crippen LogP contribution in [0.25, 0.3) is 0 Å². The number of aliphatic hydroxyl groups is 1. The van der Waals surface area contributed by atoms with Crippen molar-refractivity contribution in [3.8, 4) is 0 Å². The van der Waals surface area contributed by atoms with Crippen LogP contribution in [0.15, 0.2) is 11.3 Å². The second-order valence-electron chi connectivity index (χ2n) is 6.71. The average molecular weight is 280 g/mol. The molecule has 0 aliphatic heterocycles. The molecule has 116 valence electrons. The summed E-state index contributed by atoms with van der Waals surface area (Å²) in [5.41, 5.74) is 0.0861. The fraction of sp³-hybridized carbons (Fsp3) is 0.833. The van der Waals surface area contributed by atoms with Crippen molar-refractivity contribution in [2.24, 2.45) is 5.41 Å². The third-order valence-electron chi connectivity index (χ3n) is 4.50. The summed E-state index contributed by atoms with van der Waals surface area (Å²) < 4.78 is 0. The van der Waals surface area contributed by atoms with Gasteiger partial charge in [-0.15, -0.1) is 0 Å². The third-order valence-corrected chi connectivity index (χ3v) is 4.50. The summed E-state index contributed by atoms with van der Waals surface area (Å²) in [6.45, 7) is 5.85. The number of carbonyl (C=O) groups is 1. The lowest BCUT2D eigenvalue weighted by Crippen LogP contribution is -2.39. The average Bonchev–Trinajstić information content (AvgIpc) is 2.44. The van der Waals surface area contributed by atoms with E-state index in [0.29, 0.717) is 11.3 Å². The van der Waals surface area contributed by atoms with E-state index in [-0.39, 0.29) is 5.78 Å². The highest BCUT2D eigenvalue weighted by Gasteiger charge is 2.45. The number of rotatable bonds is 11. The predicted molar refractivity (Wildman–Crippen MR) is 84.9 cm³/mol. The third kappa shape index (κ3) is 4.64. The smallest absolute Gasteiger partial charge is 0.175 e. The first-order valence-electron chi connectivity index (χ1n) is 8.49. The van der Waals surface area contributed by atoms with Crippen LogP contribution in [0.3, 0.4) is 0 Å². The minimum atomic E-state index is -0.603. The quantitative estimate of drug-likeness (QED) is 0.491. The molecule has 0 saturated heterocycles. The van der Waals surface area contributed by atoms with Crippen LogP contribution in [-0.2, 0) is 4.79 Å². The molecule has 0 aromatic heterocycles. The molecule has 0 spiro atoms. The maximum Gasteiger partial charge on any atom is 0.175 e. The number of ketones is 1. The molecule has 0 bridgehead atoms. The van der Waals surface area contributed by atoms with Gasteiger partial charge in [-0.3, -0.25) is 4.79 Å². The predicted octanol–water partition coefficient (Wildman–Crippen LogP) is 5.72. The van der Waals surface area contributed by atoms with E-state index < -0.39 is 5.41 Å². The molecule has 0 aromatic carbocycles. The van der Waals surface area contributed by atoms with E-state index in [9.17, 15) is 9.90 Å². The molecular formula is C18H32O2. The zero-order chi connectivity index (χ0) is 15.0. The molecule has 0 saturated carbocycles. The van der Waals surface area contributed by atoms with Gasteiger partial charge in [0.2, 0.25) is 0 Å². The van der Waals surface area contributed by atoms with E-state index in [4.69, 9.17) is 0 Å². The summed E-state index contributed by atoms with van der Waals surface area (Å²) >= 11 is 0. The van der Waals surface area contributed by atoms with Gasteiger partial charge in [-0.25, -0.2) is 0 Å². The molecule has 0 radical (unpaired) electrons. The number of aliphatic hydroxyl groups excluding tert-OH is 1. The number of allylic oxidation sites excluding steroid dienone is 2. The van der Waals surface area contributed by atoms with E-state index in [1.807, 2.05) is 0 Å². The SMILES string of the molecule is CCCCCCCCCCCCC1=C(O)C(C)(C)C1=O. The van der Waals surface area contributed by atoms with Crippen LogP contribution in [-0.4, -0.2) is 10.9 Å². The summed E-state index contributed by atoms with van der Waals surface area (Å²) in [5.74, 6) is 0.476. The Morgan fingerprint density at radius 2 is 1.30 bits per heavy atom. The fourth-order valence-electron chi connectivity index (χ4n) is 2.93. The Labute approximate surface area is 124 Å².